The van der Waals surface area contributed by atoms with Crippen LogP contribution >= 0.6 is 23.2 Å². The monoisotopic (exact) mass is 269 g/mol. The van der Waals surface area contributed by atoms with Gasteiger partial charge in [-0.05, 0) is 29.8 Å². The molecule has 0 aliphatic carbocycles. The number of hydrogen-bond acceptors (Lipinski definition) is 1. The summed E-state index contributed by atoms with van der Waals surface area (Å²) in [5, 5.41) is 4.12. The van der Waals surface area contributed by atoms with E-state index in [4.69, 9.17) is 23.2 Å². The minimum absolute atomic E-state index is 0.332. The maximum Gasteiger partial charge on any atom is 0.146 e. The van der Waals surface area contributed by atoms with E-state index in [1.165, 1.54) is 12.1 Å². The quantitative estimate of drug-likeness (QED) is 0.849. The molecule has 88 valence electrons. The predicted octanol–water partition coefficient (Wildman–Crippen LogP) is 4.74. The van der Waals surface area contributed by atoms with E-state index in [0.717, 1.165) is 5.56 Å². The minimum Gasteiger partial charge on any atom is -0.379 e. The Labute approximate surface area is 109 Å². The van der Waals surface area contributed by atoms with Crippen LogP contribution in [-0.2, 0) is 6.54 Å². The molecule has 0 radical (unpaired) electrons. The fourth-order valence-corrected chi connectivity index (χ4v) is 1.84. The molecule has 1 N–H and O–H groups in total. The lowest BCUT2D eigenvalue weighted by atomic mass is 10.2. The van der Waals surface area contributed by atoms with E-state index in [1.54, 1.807) is 12.1 Å². The normalized spacial score (nSPS) is 10.3. The molecule has 2 aromatic rings. The Hall–Kier alpha value is -1.25. The molecule has 0 atom stereocenters. The zero-order valence-electron chi connectivity index (χ0n) is 8.88. The van der Waals surface area contributed by atoms with Crippen molar-refractivity contribution in [2.24, 2.45) is 0 Å². The van der Waals surface area contributed by atoms with Crippen molar-refractivity contribution in [3.05, 3.63) is 63.9 Å². The number of anilines is 1. The number of hydrogen-bond donors (Lipinski definition) is 1. The summed E-state index contributed by atoms with van der Waals surface area (Å²) < 4.78 is 13.4. The Balaban J connectivity index is 2.12. The highest BCUT2D eigenvalue weighted by atomic mass is 35.5. The fraction of sp³-hybridized carbons (Fsp3) is 0.0769. The second-order valence-electron chi connectivity index (χ2n) is 3.57. The molecule has 0 amide bonds. The van der Waals surface area contributed by atoms with E-state index in [0.29, 0.717) is 22.3 Å². The molecule has 0 heterocycles. The van der Waals surface area contributed by atoms with Gasteiger partial charge in [0.05, 0.1) is 5.69 Å². The van der Waals surface area contributed by atoms with Gasteiger partial charge in [-0.15, -0.1) is 0 Å². The smallest absolute Gasteiger partial charge is 0.146 e. The van der Waals surface area contributed by atoms with E-state index in [1.807, 2.05) is 18.2 Å². The Kier molecular flexibility index (Phi) is 3.87. The van der Waals surface area contributed by atoms with Gasteiger partial charge in [0.1, 0.15) is 5.82 Å². The Morgan fingerprint density at radius 2 is 1.82 bits per heavy atom. The van der Waals surface area contributed by atoms with Crippen molar-refractivity contribution in [2.75, 3.05) is 5.32 Å². The maximum absolute atomic E-state index is 13.4. The number of nitrogens with one attached hydrogen (secondary N) is 1. The molecule has 0 saturated carbocycles. The summed E-state index contributed by atoms with van der Waals surface area (Å²) in [5.74, 6) is -0.332. The van der Waals surface area contributed by atoms with Crippen LogP contribution in [0, 0.1) is 5.82 Å². The summed E-state index contributed by atoms with van der Waals surface area (Å²) in [5.41, 5.74) is 1.28. The van der Waals surface area contributed by atoms with Gasteiger partial charge in [-0.2, -0.15) is 0 Å². The highest BCUT2D eigenvalue weighted by Crippen LogP contribution is 2.21. The van der Waals surface area contributed by atoms with Gasteiger partial charge in [0, 0.05) is 16.6 Å². The molecule has 0 bridgehead atoms. The molecule has 17 heavy (non-hydrogen) atoms. The van der Waals surface area contributed by atoms with Crippen LogP contribution < -0.4 is 5.32 Å². The maximum atomic E-state index is 13.4. The second-order valence-corrected chi connectivity index (χ2v) is 4.41. The van der Waals surface area contributed by atoms with Crippen LogP contribution in [0.4, 0.5) is 10.1 Å². The molecule has 2 rings (SSSR count). The zero-order chi connectivity index (χ0) is 12.3. The van der Waals surface area contributed by atoms with Crippen molar-refractivity contribution < 1.29 is 4.39 Å². The van der Waals surface area contributed by atoms with Crippen LogP contribution in [0.2, 0.25) is 10.0 Å². The summed E-state index contributed by atoms with van der Waals surface area (Å²) in [6, 6.07) is 11.8. The molecule has 0 unspecified atom stereocenters. The molecular formula is C13H10Cl2FN. The van der Waals surface area contributed by atoms with Crippen molar-refractivity contribution in [3.8, 4) is 0 Å². The zero-order valence-corrected chi connectivity index (χ0v) is 10.4. The van der Waals surface area contributed by atoms with Gasteiger partial charge in [0.15, 0.2) is 0 Å². The van der Waals surface area contributed by atoms with Crippen LogP contribution in [0.15, 0.2) is 42.5 Å². The Bertz CT molecular complexity index is 529. The number of halogens is 3. The molecule has 0 fully saturated rings. The predicted molar refractivity (Wildman–Crippen MR) is 70.2 cm³/mol. The van der Waals surface area contributed by atoms with Crippen LogP contribution in [0.3, 0.4) is 0 Å². The van der Waals surface area contributed by atoms with E-state index in [2.05, 4.69) is 5.32 Å². The van der Waals surface area contributed by atoms with Crippen LogP contribution in [-0.4, -0.2) is 0 Å². The summed E-state index contributed by atoms with van der Waals surface area (Å²) in [7, 11) is 0. The second kappa shape index (κ2) is 5.39. The van der Waals surface area contributed by atoms with Gasteiger partial charge in [0.2, 0.25) is 0 Å². The van der Waals surface area contributed by atoms with E-state index in [9.17, 15) is 4.39 Å². The lowest BCUT2D eigenvalue weighted by molar-refractivity contribution is 0.630. The number of benzene rings is 2. The first-order valence-electron chi connectivity index (χ1n) is 5.09. The average molecular weight is 270 g/mol. The van der Waals surface area contributed by atoms with Crippen LogP contribution in [0.5, 0.6) is 0 Å². The highest BCUT2D eigenvalue weighted by molar-refractivity contribution is 6.31. The van der Waals surface area contributed by atoms with Gasteiger partial charge in [-0.25, -0.2) is 4.39 Å². The first kappa shape index (κ1) is 12.2. The molecule has 0 spiro atoms. The van der Waals surface area contributed by atoms with Crippen molar-refractivity contribution in [3.63, 3.8) is 0 Å². The van der Waals surface area contributed by atoms with Gasteiger partial charge < -0.3 is 5.32 Å². The first-order valence-corrected chi connectivity index (χ1v) is 5.85. The van der Waals surface area contributed by atoms with Crippen LogP contribution in [0.1, 0.15) is 5.56 Å². The molecule has 0 saturated heterocycles. The Morgan fingerprint density at radius 1 is 1.06 bits per heavy atom. The van der Waals surface area contributed by atoms with Crippen molar-refractivity contribution in [1.82, 2.24) is 0 Å². The molecular weight excluding hydrogens is 260 g/mol. The van der Waals surface area contributed by atoms with E-state index < -0.39 is 0 Å². The van der Waals surface area contributed by atoms with Gasteiger partial charge in [0.25, 0.3) is 0 Å². The van der Waals surface area contributed by atoms with Crippen molar-refractivity contribution in [1.29, 1.82) is 0 Å². The molecule has 0 aliphatic heterocycles. The molecule has 0 aliphatic rings. The van der Waals surface area contributed by atoms with Gasteiger partial charge in [-0.1, -0.05) is 41.4 Å². The highest BCUT2D eigenvalue weighted by Gasteiger charge is 2.04. The topological polar surface area (TPSA) is 12.0 Å². The minimum atomic E-state index is -0.332. The lowest BCUT2D eigenvalue weighted by Crippen LogP contribution is -2.01. The summed E-state index contributed by atoms with van der Waals surface area (Å²) in [6.07, 6.45) is 0. The summed E-state index contributed by atoms with van der Waals surface area (Å²) >= 11 is 11.8. The number of rotatable bonds is 3. The third kappa shape index (κ3) is 3.11. The van der Waals surface area contributed by atoms with Gasteiger partial charge >= 0.3 is 0 Å². The summed E-state index contributed by atoms with van der Waals surface area (Å²) in [4.78, 5) is 0. The molecule has 0 aromatic heterocycles. The SMILES string of the molecule is Fc1ccc(Cl)cc1NCc1ccccc1Cl. The molecule has 4 heteroatoms. The summed E-state index contributed by atoms with van der Waals surface area (Å²) in [6.45, 7) is 0.455. The molecule has 2 aromatic carbocycles. The van der Waals surface area contributed by atoms with E-state index >= 15 is 0 Å². The van der Waals surface area contributed by atoms with Crippen molar-refractivity contribution in [2.45, 2.75) is 6.54 Å². The van der Waals surface area contributed by atoms with Crippen molar-refractivity contribution >= 4 is 28.9 Å². The van der Waals surface area contributed by atoms with E-state index in [-0.39, 0.29) is 5.82 Å². The largest absolute Gasteiger partial charge is 0.379 e. The Morgan fingerprint density at radius 3 is 2.59 bits per heavy atom. The van der Waals surface area contributed by atoms with Crippen LogP contribution in [0.25, 0.3) is 0 Å². The first-order chi connectivity index (χ1) is 8.16. The third-order valence-electron chi connectivity index (χ3n) is 2.36. The standard InChI is InChI=1S/C13H10Cl2FN/c14-10-5-6-12(16)13(7-10)17-8-9-3-1-2-4-11(9)15/h1-7,17H,8H2. The fourth-order valence-electron chi connectivity index (χ4n) is 1.47. The third-order valence-corrected chi connectivity index (χ3v) is 2.96. The average Bonchev–Trinajstić information content (AvgIpc) is 2.32. The van der Waals surface area contributed by atoms with Gasteiger partial charge in [-0.3, -0.25) is 0 Å². The molecule has 1 nitrogen and oxygen atoms in total. The lowest BCUT2D eigenvalue weighted by Gasteiger charge is -2.09.